The van der Waals surface area contributed by atoms with E-state index in [4.69, 9.17) is 9.84 Å². The Kier molecular flexibility index (Phi) is 3.80. The number of phenols is 1. The predicted molar refractivity (Wildman–Crippen MR) is 63.8 cm³/mol. The van der Waals surface area contributed by atoms with Gasteiger partial charge in [0.05, 0.1) is 12.7 Å². The smallest absolute Gasteiger partial charge is 0.328 e. The van der Waals surface area contributed by atoms with Gasteiger partial charge >= 0.3 is 5.97 Å². The molecule has 18 heavy (non-hydrogen) atoms. The van der Waals surface area contributed by atoms with Gasteiger partial charge in [-0.2, -0.15) is 0 Å². The fourth-order valence-electron chi connectivity index (χ4n) is 1.24. The number of carbonyl (C=O) groups is 2. The number of aliphatic carboxylic acids is 1. The fraction of sp³-hybridized carbons (Fsp3) is 0.333. The maximum absolute atomic E-state index is 11.8. The predicted octanol–water partition coefficient (Wildman–Crippen LogP) is 0.994. The average molecular weight is 253 g/mol. The number of hydrogen-bond acceptors (Lipinski definition) is 4. The first-order chi connectivity index (χ1) is 8.27. The highest BCUT2D eigenvalue weighted by molar-refractivity contribution is 5.99. The van der Waals surface area contributed by atoms with Crippen LogP contribution in [0.4, 0.5) is 0 Å². The van der Waals surface area contributed by atoms with E-state index in [2.05, 4.69) is 5.32 Å². The summed E-state index contributed by atoms with van der Waals surface area (Å²) in [5.41, 5.74) is -1.42. The summed E-state index contributed by atoms with van der Waals surface area (Å²) in [4.78, 5) is 22.7. The largest absolute Gasteiger partial charge is 0.507 e. The van der Waals surface area contributed by atoms with Gasteiger partial charge in [0.15, 0.2) is 0 Å². The zero-order valence-corrected chi connectivity index (χ0v) is 10.4. The molecule has 0 aliphatic rings. The molecule has 0 saturated heterocycles. The number of carboxylic acid groups (broad SMARTS) is 1. The zero-order valence-electron chi connectivity index (χ0n) is 10.4. The third-order valence-electron chi connectivity index (χ3n) is 2.41. The lowest BCUT2D eigenvalue weighted by molar-refractivity contribution is -0.143. The van der Waals surface area contributed by atoms with Gasteiger partial charge in [-0.05, 0) is 26.0 Å². The van der Waals surface area contributed by atoms with Crippen LogP contribution < -0.4 is 10.1 Å². The number of phenolic OH excluding ortho intramolecular Hbond substituents is 1. The molecule has 0 saturated carbocycles. The number of nitrogens with one attached hydrogen (secondary N) is 1. The highest BCUT2D eigenvalue weighted by Crippen LogP contribution is 2.23. The SMILES string of the molecule is COc1ccc(C(=O)NC(C)(C)C(=O)O)c(O)c1. The van der Waals surface area contributed by atoms with Gasteiger partial charge in [0, 0.05) is 6.07 Å². The maximum atomic E-state index is 11.8. The molecule has 0 bridgehead atoms. The van der Waals surface area contributed by atoms with Crippen molar-refractivity contribution in [3.8, 4) is 11.5 Å². The summed E-state index contributed by atoms with van der Waals surface area (Å²) in [5.74, 6) is -1.69. The van der Waals surface area contributed by atoms with Gasteiger partial charge in [-0.25, -0.2) is 4.79 Å². The molecule has 0 aromatic heterocycles. The monoisotopic (exact) mass is 253 g/mol. The molecule has 6 heteroatoms. The van der Waals surface area contributed by atoms with Gasteiger partial charge in [-0.15, -0.1) is 0 Å². The molecular formula is C12H15NO5. The van der Waals surface area contributed by atoms with Crippen LogP contribution in [0.5, 0.6) is 11.5 Å². The first-order valence-corrected chi connectivity index (χ1v) is 5.21. The fourth-order valence-corrected chi connectivity index (χ4v) is 1.24. The summed E-state index contributed by atoms with van der Waals surface area (Å²) in [6, 6.07) is 4.15. The van der Waals surface area contributed by atoms with Crippen molar-refractivity contribution < 1.29 is 24.5 Å². The van der Waals surface area contributed by atoms with E-state index in [1.165, 1.54) is 39.2 Å². The van der Waals surface area contributed by atoms with Gasteiger partial charge in [0.1, 0.15) is 17.0 Å². The standard InChI is InChI=1S/C12H15NO5/c1-12(2,11(16)17)13-10(15)8-5-4-7(18-3)6-9(8)14/h4-6,14H,1-3H3,(H,13,15)(H,16,17). The molecule has 1 amide bonds. The highest BCUT2D eigenvalue weighted by Gasteiger charge is 2.30. The average Bonchev–Trinajstić information content (AvgIpc) is 2.27. The van der Waals surface area contributed by atoms with E-state index in [9.17, 15) is 14.7 Å². The van der Waals surface area contributed by atoms with E-state index in [0.717, 1.165) is 0 Å². The van der Waals surface area contributed by atoms with Crippen molar-refractivity contribution in [3.63, 3.8) is 0 Å². The molecule has 0 radical (unpaired) electrons. The van der Waals surface area contributed by atoms with E-state index in [1.54, 1.807) is 0 Å². The molecular weight excluding hydrogens is 238 g/mol. The molecule has 0 heterocycles. The number of benzene rings is 1. The molecule has 1 rings (SSSR count). The number of methoxy groups -OCH3 is 1. The molecule has 0 atom stereocenters. The third-order valence-corrected chi connectivity index (χ3v) is 2.41. The molecule has 98 valence electrons. The van der Waals surface area contributed by atoms with Crippen LogP contribution in [0.3, 0.4) is 0 Å². The molecule has 0 spiro atoms. The van der Waals surface area contributed by atoms with Crippen LogP contribution >= 0.6 is 0 Å². The van der Waals surface area contributed by atoms with Gasteiger partial charge < -0.3 is 20.3 Å². The summed E-state index contributed by atoms with van der Waals surface area (Å²) < 4.78 is 4.88. The summed E-state index contributed by atoms with van der Waals surface area (Å²) in [6.07, 6.45) is 0. The molecule has 0 aliphatic heterocycles. The first-order valence-electron chi connectivity index (χ1n) is 5.21. The normalized spacial score (nSPS) is 10.8. The van der Waals surface area contributed by atoms with Gasteiger partial charge in [0.25, 0.3) is 5.91 Å². The number of carboxylic acids is 1. The van der Waals surface area contributed by atoms with Crippen molar-refractivity contribution >= 4 is 11.9 Å². The van der Waals surface area contributed by atoms with Crippen LogP contribution in [0.1, 0.15) is 24.2 Å². The third kappa shape index (κ3) is 2.91. The lowest BCUT2D eigenvalue weighted by atomic mass is 10.0. The van der Waals surface area contributed by atoms with Crippen molar-refractivity contribution in [1.29, 1.82) is 0 Å². The Balaban J connectivity index is 2.95. The van der Waals surface area contributed by atoms with Gasteiger partial charge in [-0.1, -0.05) is 0 Å². The van der Waals surface area contributed by atoms with Crippen LogP contribution in [-0.4, -0.2) is 34.7 Å². The first kappa shape index (κ1) is 13.8. The number of carbonyl (C=O) groups excluding carboxylic acids is 1. The Morgan fingerprint density at radius 2 is 1.94 bits per heavy atom. The van der Waals surface area contributed by atoms with Crippen molar-refractivity contribution in [2.45, 2.75) is 19.4 Å². The summed E-state index contributed by atoms with van der Waals surface area (Å²) in [7, 11) is 1.43. The van der Waals surface area contributed by atoms with Crippen LogP contribution in [0.25, 0.3) is 0 Å². The quantitative estimate of drug-likeness (QED) is 0.743. The second kappa shape index (κ2) is 4.95. The van der Waals surface area contributed by atoms with Gasteiger partial charge in [-0.3, -0.25) is 4.79 Å². The molecule has 0 unspecified atom stereocenters. The number of amides is 1. The van der Waals surface area contributed by atoms with E-state index in [-0.39, 0.29) is 11.3 Å². The number of rotatable bonds is 4. The second-order valence-electron chi connectivity index (χ2n) is 4.27. The lowest BCUT2D eigenvalue weighted by Crippen LogP contribution is -2.49. The Labute approximate surface area is 104 Å². The topological polar surface area (TPSA) is 95.9 Å². The Bertz CT molecular complexity index is 481. The number of hydrogen-bond donors (Lipinski definition) is 3. The maximum Gasteiger partial charge on any atom is 0.328 e. The minimum absolute atomic E-state index is 0.00914. The van der Waals surface area contributed by atoms with Crippen LogP contribution in [0.15, 0.2) is 18.2 Å². The minimum atomic E-state index is -1.41. The summed E-state index contributed by atoms with van der Waals surface area (Å²) >= 11 is 0. The molecule has 6 nitrogen and oxygen atoms in total. The van der Waals surface area contributed by atoms with E-state index < -0.39 is 17.4 Å². The van der Waals surface area contributed by atoms with Crippen molar-refractivity contribution in [2.24, 2.45) is 0 Å². The molecule has 0 fully saturated rings. The van der Waals surface area contributed by atoms with Gasteiger partial charge in [0.2, 0.25) is 0 Å². The number of ether oxygens (including phenoxy) is 1. The minimum Gasteiger partial charge on any atom is -0.507 e. The number of aromatic hydroxyl groups is 1. The van der Waals surface area contributed by atoms with E-state index in [1.807, 2.05) is 0 Å². The Morgan fingerprint density at radius 1 is 1.33 bits per heavy atom. The van der Waals surface area contributed by atoms with Crippen molar-refractivity contribution in [1.82, 2.24) is 5.32 Å². The van der Waals surface area contributed by atoms with Crippen molar-refractivity contribution in [3.05, 3.63) is 23.8 Å². The van der Waals surface area contributed by atoms with Crippen LogP contribution in [-0.2, 0) is 4.79 Å². The zero-order chi connectivity index (χ0) is 13.9. The molecule has 1 aromatic rings. The van der Waals surface area contributed by atoms with Crippen LogP contribution in [0.2, 0.25) is 0 Å². The van der Waals surface area contributed by atoms with E-state index in [0.29, 0.717) is 5.75 Å². The Morgan fingerprint density at radius 3 is 2.39 bits per heavy atom. The molecule has 0 aliphatic carbocycles. The lowest BCUT2D eigenvalue weighted by Gasteiger charge is -2.21. The molecule has 1 aromatic carbocycles. The summed E-state index contributed by atoms with van der Waals surface area (Å²) in [5, 5.41) is 20.8. The second-order valence-corrected chi connectivity index (χ2v) is 4.27. The molecule has 3 N–H and O–H groups in total. The Hall–Kier alpha value is -2.24. The highest BCUT2D eigenvalue weighted by atomic mass is 16.5. The van der Waals surface area contributed by atoms with Crippen LogP contribution in [0, 0.1) is 0 Å². The van der Waals surface area contributed by atoms with Crippen molar-refractivity contribution in [2.75, 3.05) is 7.11 Å². The van der Waals surface area contributed by atoms with E-state index >= 15 is 0 Å². The summed E-state index contributed by atoms with van der Waals surface area (Å²) in [6.45, 7) is 2.71.